The first kappa shape index (κ1) is 17.3. The molecule has 0 bridgehead atoms. The van der Waals surface area contributed by atoms with Gasteiger partial charge < -0.3 is 14.7 Å². The monoisotopic (exact) mass is 319 g/mol. The summed E-state index contributed by atoms with van der Waals surface area (Å²) >= 11 is 0. The fourth-order valence-electron chi connectivity index (χ4n) is 2.72. The van der Waals surface area contributed by atoms with Crippen molar-refractivity contribution in [3.05, 3.63) is 35.9 Å². The number of carboxylic acid groups (broad SMARTS) is 1. The summed E-state index contributed by atoms with van der Waals surface area (Å²) in [5, 5.41) is 9.15. The number of carbonyl (C=O) groups is 2. The van der Waals surface area contributed by atoms with E-state index < -0.39 is 11.4 Å². The van der Waals surface area contributed by atoms with Gasteiger partial charge in [-0.15, -0.1) is 0 Å². The lowest BCUT2D eigenvalue weighted by Crippen LogP contribution is -2.29. The molecule has 0 aromatic heterocycles. The number of hydrogen-bond acceptors (Lipinski definition) is 3. The van der Waals surface area contributed by atoms with Crippen molar-refractivity contribution in [2.24, 2.45) is 11.3 Å². The maximum atomic E-state index is 12.1. The normalized spacial score (nSPS) is 18.0. The van der Waals surface area contributed by atoms with Crippen LogP contribution in [0.5, 0.6) is 0 Å². The van der Waals surface area contributed by atoms with E-state index in [2.05, 4.69) is 0 Å². The Balaban J connectivity index is 1.74. The summed E-state index contributed by atoms with van der Waals surface area (Å²) in [7, 11) is 0. The highest BCUT2D eigenvalue weighted by Gasteiger charge is 2.31. The first-order valence-electron chi connectivity index (χ1n) is 8.07. The third kappa shape index (κ3) is 4.98. The molecule has 0 saturated carbocycles. The van der Waals surface area contributed by atoms with Gasteiger partial charge in [0.2, 0.25) is 0 Å². The third-order valence-corrected chi connectivity index (χ3v) is 4.51. The summed E-state index contributed by atoms with van der Waals surface area (Å²) in [6.07, 6.45) is 2.08. The molecule has 1 saturated heterocycles. The number of carboxylic acids is 1. The van der Waals surface area contributed by atoms with Crippen molar-refractivity contribution in [3.63, 3.8) is 0 Å². The van der Waals surface area contributed by atoms with Crippen molar-refractivity contribution in [1.29, 1.82) is 0 Å². The van der Waals surface area contributed by atoms with Gasteiger partial charge in [0, 0.05) is 13.1 Å². The summed E-state index contributed by atoms with van der Waals surface area (Å²) in [4.78, 5) is 24.9. The first-order chi connectivity index (χ1) is 10.9. The minimum atomic E-state index is -0.769. The smallest absolute Gasteiger partial charge is 0.410 e. The standard InChI is InChI=1S/C18H25NO4/c1-18(2,16(20)21)10-8-14-9-11-19(12-14)17(22)23-13-15-6-4-3-5-7-15/h3-7,14H,8-13H2,1-2H3,(H,20,21). The molecule has 1 amide bonds. The molecule has 1 aromatic carbocycles. The average molecular weight is 319 g/mol. The van der Waals surface area contributed by atoms with Gasteiger partial charge in [0.15, 0.2) is 0 Å². The molecule has 1 aliphatic rings. The fraction of sp³-hybridized carbons (Fsp3) is 0.556. The molecule has 1 heterocycles. The SMILES string of the molecule is CC(C)(CCC1CCN(C(=O)OCc2ccccc2)C1)C(=O)O. The Bertz CT molecular complexity index is 541. The van der Waals surface area contributed by atoms with E-state index in [0.717, 1.165) is 18.4 Å². The molecule has 126 valence electrons. The molecule has 1 N–H and O–H groups in total. The average Bonchev–Trinajstić information content (AvgIpc) is 3.01. The number of amides is 1. The van der Waals surface area contributed by atoms with E-state index in [4.69, 9.17) is 9.84 Å². The topological polar surface area (TPSA) is 66.8 Å². The lowest BCUT2D eigenvalue weighted by atomic mass is 9.84. The van der Waals surface area contributed by atoms with E-state index >= 15 is 0 Å². The Morgan fingerprint density at radius 3 is 2.65 bits per heavy atom. The summed E-state index contributed by atoms with van der Waals surface area (Å²) < 4.78 is 5.34. The number of carbonyl (C=O) groups excluding carboxylic acids is 1. The molecule has 1 fully saturated rings. The Hall–Kier alpha value is -2.04. The second-order valence-electron chi connectivity index (χ2n) is 6.87. The number of likely N-dealkylation sites (tertiary alicyclic amines) is 1. The molecule has 0 radical (unpaired) electrons. The zero-order valence-electron chi connectivity index (χ0n) is 13.8. The molecule has 0 aliphatic carbocycles. The molecule has 1 unspecified atom stereocenters. The van der Waals surface area contributed by atoms with E-state index in [9.17, 15) is 9.59 Å². The number of aliphatic carboxylic acids is 1. The highest BCUT2D eigenvalue weighted by molar-refractivity contribution is 5.73. The van der Waals surface area contributed by atoms with Gasteiger partial charge >= 0.3 is 12.1 Å². The Kier molecular flexibility index (Phi) is 5.64. The molecule has 1 aliphatic heterocycles. The molecule has 0 spiro atoms. The van der Waals surface area contributed by atoms with Crippen LogP contribution in [0.2, 0.25) is 0 Å². The van der Waals surface area contributed by atoms with Gasteiger partial charge in [0.05, 0.1) is 5.41 Å². The van der Waals surface area contributed by atoms with Gasteiger partial charge in [-0.3, -0.25) is 4.79 Å². The minimum Gasteiger partial charge on any atom is -0.481 e. The lowest BCUT2D eigenvalue weighted by Gasteiger charge is -2.21. The Morgan fingerprint density at radius 1 is 1.30 bits per heavy atom. The van der Waals surface area contributed by atoms with Crippen molar-refractivity contribution >= 4 is 12.1 Å². The van der Waals surface area contributed by atoms with Crippen LogP contribution in [0.4, 0.5) is 4.79 Å². The van der Waals surface area contributed by atoms with Crippen LogP contribution < -0.4 is 0 Å². The van der Waals surface area contributed by atoms with E-state index in [1.54, 1.807) is 18.7 Å². The number of benzene rings is 1. The van der Waals surface area contributed by atoms with Crippen LogP contribution in [0.1, 0.15) is 38.7 Å². The molecule has 5 nitrogen and oxygen atoms in total. The maximum absolute atomic E-state index is 12.1. The molecule has 5 heteroatoms. The third-order valence-electron chi connectivity index (χ3n) is 4.51. The van der Waals surface area contributed by atoms with Gasteiger partial charge in [-0.1, -0.05) is 30.3 Å². The van der Waals surface area contributed by atoms with Gasteiger partial charge in [0.25, 0.3) is 0 Å². The van der Waals surface area contributed by atoms with Crippen molar-refractivity contribution in [2.75, 3.05) is 13.1 Å². The van der Waals surface area contributed by atoms with E-state index in [1.807, 2.05) is 30.3 Å². The van der Waals surface area contributed by atoms with E-state index in [-0.39, 0.29) is 12.7 Å². The van der Waals surface area contributed by atoms with Crippen molar-refractivity contribution in [3.8, 4) is 0 Å². The molecular formula is C18H25NO4. The van der Waals surface area contributed by atoms with Crippen molar-refractivity contribution in [2.45, 2.75) is 39.7 Å². The van der Waals surface area contributed by atoms with Crippen LogP contribution in [0, 0.1) is 11.3 Å². The van der Waals surface area contributed by atoms with Crippen LogP contribution >= 0.6 is 0 Å². The quantitative estimate of drug-likeness (QED) is 0.871. The van der Waals surface area contributed by atoms with Gasteiger partial charge in [-0.2, -0.15) is 0 Å². The second-order valence-corrected chi connectivity index (χ2v) is 6.87. The molecule has 1 atom stereocenters. The largest absolute Gasteiger partial charge is 0.481 e. The van der Waals surface area contributed by atoms with E-state index in [0.29, 0.717) is 25.4 Å². The van der Waals surface area contributed by atoms with Gasteiger partial charge in [-0.25, -0.2) is 4.79 Å². The predicted octanol–water partition coefficient (Wildman–Crippen LogP) is 3.54. The van der Waals surface area contributed by atoms with Crippen LogP contribution in [0.3, 0.4) is 0 Å². The summed E-state index contributed by atoms with van der Waals surface area (Å²) in [5.74, 6) is -0.410. The summed E-state index contributed by atoms with van der Waals surface area (Å²) in [6.45, 7) is 5.12. The van der Waals surface area contributed by atoms with Gasteiger partial charge in [0.1, 0.15) is 6.61 Å². The number of ether oxygens (including phenoxy) is 1. The zero-order valence-corrected chi connectivity index (χ0v) is 13.8. The number of rotatable bonds is 6. The van der Waals surface area contributed by atoms with Crippen molar-refractivity contribution < 1.29 is 19.4 Å². The summed E-state index contributed by atoms with van der Waals surface area (Å²) in [6, 6.07) is 9.61. The molecule has 23 heavy (non-hydrogen) atoms. The van der Waals surface area contributed by atoms with E-state index in [1.165, 1.54) is 0 Å². The molecular weight excluding hydrogens is 294 g/mol. The summed E-state index contributed by atoms with van der Waals surface area (Å²) in [5.41, 5.74) is 0.265. The maximum Gasteiger partial charge on any atom is 0.410 e. The number of nitrogens with zero attached hydrogens (tertiary/aromatic N) is 1. The lowest BCUT2D eigenvalue weighted by molar-refractivity contribution is -0.147. The highest BCUT2D eigenvalue weighted by Crippen LogP contribution is 2.29. The predicted molar refractivity (Wildman–Crippen MR) is 87.0 cm³/mol. The van der Waals surface area contributed by atoms with Gasteiger partial charge in [-0.05, 0) is 44.6 Å². The van der Waals surface area contributed by atoms with Crippen LogP contribution in [0.15, 0.2) is 30.3 Å². The Labute approximate surface area is 137 Å². The first-order valence-corrected chi connectivity index (χ1v) is 8.07. The second kappa shape index (κ2) is 7.49. The number of hydrogen-bond donors (Lipinski definition) is 1. The Morgan fingerprint density at radius 2 is 2.00 bits per heavy atom. The van der Waals surface area contributed by atoms with Crippen LogP contribution in [-0.2, 0) is 16.1 Å². The van der Waals surface area contributed by atoms with Crippen molar-refractivity contribution in [1.82, 2.24) is 4.90 Å². The fourth-order valence-corrected chi connectivity index (χ4v) is 2.72. The van der Waals surface area contributed by atoms with Crippen LogP contribution in [0.25, 0.3) is 0 Å². The zero-order chi connectivity index (χ0) is 16.9. The minimum absolute atomic E-state index is 0.283. The molecule has 1 aromatic rings. The molecule has 2 rings (SSSR count). The van der Waals surface area contributed by atoms with Crippen LogP contribution in [-0.4, -0.2) is 35.2 Å². The highest BCUT2D eigenvalue weighted by atomic mass is 16.6.